The van der Waals surface area contributed by atoms with Crippen LogP contribution in [0, 0.1) is 0 Å². The van der Waals surface area contributed by atoms with Gasteiger partial charge in [0.15, 0.2) is 0 Å². The number of nitrogens with two attached hydrogens (primary N) is 1. The van der Waals surface area contributed by atoms with Crippen LogP contribution in [-0.4, -0.2) is 17.9 Å². The molecule has 0 aromatic carbocycles. The topological polar surface area (TPSA) is 84.2 Å². The molecule has 0 heterocycles. The average Bonchev–Trinajstić information content (AvgIpc) is 2.20. The lowest BCUT2D eigenvalue weighted by atomic mass is 9.97. The normalized spacial score (nSPS) is 18.7. The van der Waals surface area contributed by atoms with Crippen molar-refractivity contribution in [2.75, 3.05) is 0 Å². The summed E-state index contributed by atoms with van der Waals surface area (Å²) in [6, 6.07) is 0.134. The van der Waals surface area contributed by atoms with Gasteiger partial charge in [-0.05, 0) is 12.8 Å². The highest BCUT2D eigenvalue weighted by molar-refractivity contribution is 6.34. The molecule has 0 spiro atoms. The molecule has 5 nitrogen and oxygen atoms in total. The predicted octanol–water partition coefficient (Wildman–Crippen LogP) is 0.205. The maximum Gasteiger partial charge on any atom is 0.323 e. The number of carbonyl (C=O) groups excluding carboxylic acids is 2. The Morgan fingerprint density at radius 3 is 2.00 bits per heavy atom. The molecule has 5 heteroatoms. The van der Waals surface area contributed by atoms with Gasteiger partial charge in [0.05, 0.1) is 0 Å². The number of hydrogen-bond donors (Lipinski definition) is 3. The molecule has 4 N–H and O–H groups in total. The lowest BCUT2D eigenvalue weighted by Crippen LogP contribution is -2.46. The molecule has 15 heavy (non-hydrogen) atoms. The molecule has 0 aromatic heterocycles. The van der Waals surface area contributed by atoms with E-state index in [9.17, 15) is 9.59 Å². The summed E-state index contributed by atoms with van der Waals surface area (Å²) in [5.41, 5.74) is 1.83. The lowest BCUT2D eigenvalue weighted by molar-refractivity contribution is -0.139. The summed E-state index contributed by atoms with van der Waals surface area (Å²) in [4.78, 5) is 22.1. The molecule has 1 rings (SSSR count). The first-order valence-electron chi connectivity index (χ1n) is 5.55. The fourth-order valence-electron chi connectivity index (χ4n) is 1.92. The second-order valence-corrected chi connectivity index (χ2v) is 3.99. The van der Waals surface area contributed by atoms with E-state index in [0.29, 0.717) is 0 Å². The standard InChI is InChI=1S/C10H19N3O2/c11-13-10(15)9(14)12-8-6-4-2-1-3-5-7-8/h8H,1-7,11H2,(H,12,14)(H,13,15). The summed E-state index contributed by atoms with van der Waals surface area (Å²) in [6.07, 6.45) is 7.88. The van der Waals surface area contributed by atoms with Gasteiger partial charge >= 0.3 is 11.8 Å². The number of rotatable bonds is 1. The van der Waals surface area contributed by atoms with Crippen LogP contribution in [0.5, 0.6) is 0 Å². The van der Waals surface area contributed by atoms with Gasteiger partial charge in [0, 0.05) is 6.04 Å². The lowest BCUT2D eigenvalue weighted by Gasteiger charge is -2.20. The van der Waals surface area contributed by atoms with Crippen LogP contribution in [0.15, 0.2) is 0 Å². The molecule has 0 radical (unpaired) electrons. The summed E-state index contributed by atoms with van der Waals surface area (Å²) in [7, 11) is 0. The molecule has 1 aliphatic carbocycles. The fraction of sp³-hybridized carbons (Fsp3) is 0.800. The second-order valence-electron chi connectivity index (χ2n) is 3.99. The minimum absolute atomic E-state index is 0.134. The number of carbonyl (C=O) groups is 2. The Bertz CT molecular complexity index is 223. The average molecular weight is 213 g/mol. The molecule has 86 valence electrons. The first kappa shape index (κ1) is 12.0. The Labute approximate surface area is 89.8 Å². The maximum atomic E-state index is 11.2. The van der Waals surface area contributed by atoms with E-state index in [-0.39, 0.29) is 6.04 Å². The highest BCUT2D eigenvalue weighted by Gasteiger charge is 2.18. The Kier molecular flexibility index (Phi) is 5.10. The highest BCUT2D eigenvalue weighted by atomic mass is 16.2. The van der Waals surface area contributed by atoms with E-state index in [0.717, 1.165) is 25.7 Å². The molecular formula is C10H19N3O2. The monoisotopic (exact) mass is 213 g/mol. The van der Waals surface area contributed by atoms with Crippen molar-refractivity contribution in [3.8, 4) is 0 Å². The minimum Gasteiger partial charge on any atom is -0.345 e. The van der Waals surface area contributed by atoms with Crippen molar-refractivity contribution in [2.45, 2.75) is 51.0 Å². The van der Waals surface area contributed by atoms with Crippen molar-refractivity contribution in [3.05, 3.63) is 0 Å². The van der Waals surface area contributed by atoms with Crippen LogP contribution in [0.25, 0.3) is 0 Å². The van der Waals surface area contributed by atoms with Crippen LogP contribution < -0.4 is 16.6 Å². The van der Waals surface area contributed by atoms with Crippen molar-refractivity contribution in [3.63, 3.8) is 0 Å². The third kappa shape index (κ3) is 4.29. The van der Waals surface area contributed by atoms with Crippen molar-refractivity contribution in [1.29, 1.82) is 0 Å². The Balaban J connectivity index is 2.34. The van der Waals surface area contributed by atoms with Crippen LogP contribution in [0.3, 0.4) is 0 Å². The van der Waals surface area contributed by atoms with Gasteiger partial charge in [0.25, 0.3) is 0 Å². The van der Waals surface area contributed by atoms with Crippen LogP contribution in [0.1, 0.15) is 44.9 Å². The van der Waals surface area contributed by atoms with Crippen molar-refractivity contribution >= 4 is 11.8 Å². The molecule has 2 amide bonds. The summed E-state index contributed by atoms with van der Waals surface area (Å²) in [5.74, 6) is 3.48. The third-order valence-electron chi connectivity index (χ3n) is 2.78. The molecule has 0 aliphatic heterocycles. The Morgan fingerprint density at radius 1 is 0.933 bits per heavy atom. The van der Waals surface area contributed by atoms with E-state index in [2.05, 4.69) is 5.32 Å². The zero-order valence-corrected chi connectivity index (χ0v) is 8.92. The van der Waals surface area contributed by atoms with E-state index in [1.807, 2.05) is 5.43 Å². The highest BCUT2D eigenvalue weighted by Crippen LogP contribution is 2.16. The molecular weight excluding hydrogens is 194 g/mol. The van der Waals surface area contributed by atoms with E-state index in [1.54, 1.807) is 0 Å². The first-order valence-corrected chi connectivity index (χ1v) is 5.55. The van der Waals surface area contributed by atoms with E-state index in [4.69, 9.17) is 5.84 Å². The van der Waals surface area contributed by atoms with E-state index >= 15 is 0 Å². The minimum atomic E-state index is -0.767. The smallest absolute Gasteiger partial charge is 0.323 e. The van der Waals surface area contributed by atoms with Crippen molar-refractivity contribution in [2.24, 2.45) is 5.84 Å². The van der Waals surface area contributed by atoms with Gasteiger partial charge < -0.3 is 5.32 Å². The third-order valence-corrected chi connectivity index (χ3v) is 2.78. The van der Waals surface area contributed by atoms with Crippen LogP contribution in [0.2, 0.25) is 0 Å². The van der Waals surface area contributed by atoms with Crippen LogP contribution in [0.4, 0.5) is 0 Å². The summed E-state index contributed by atoms with van der Waals surface area (Å²) in [5, 5.41) is 2.71. The number of nitrogens with one attached hydrogen (secondary N) is 2. The molecule has 1 aliphatic rings. The summed E-state index contributed by atoms with van der Waals surface area (Å²) >= 11 is 0. The molecule has 0 saturated heterocycles. The molecule has 1 fully saturated rings. The second kappa shape index (κ2) is 6.40. The number of hydrazine groups is 1. The quantitative estimate of drug-likeness (QED) is 0.252. The van der Waals surface area contributed by atoms with Crippen molar-refractivity contribution in [1.82, 2.24) is 10.7 Å². The van der Waals surface area contributed by atoms with Gasteiger partial charge in [-0.25, -0.2) is 5.84 Å². The molecule has 0 unspecified atom stereocenters. The number of hydrogen-bond acceptors (Lipinski definition) is 3. The molecule has 0 atom stereocenters. The molecule has 0 aromatic rings. The summed E-state index contributed by atoms with van der Waals surface area (Å²) in [6.45, 7) is 0. The zero-order chi connectivity index (χ0) is 11.1. The van der Waals surface area contributed by atoms with E-state index < -0.39 is 11.8 Å². The van der Waals surface area contributed by atoms with Gasteiger partial charge in [-0.2, -0.15) is 0 Å². The maximum absolute atomic E-state index is 11.2. The largest absolute Gasteiger partial charge is 0.345 e. The Morgan fingerprint density at radius 2 is 1.47 bits per heavy atom. The van der Waals surface area contributed by atoms with Gasteiger partial charge in [0.2, 0.25) is 0 Å². The fourth-order valence-corrected chi connectivity index (χ4v) is 1.92. The van der Waals surface area contributed by atoms with Crippen molar-refractivity contribution < 1.29 is 9.59 Å². The SMILES string of the molecule is NNC(=O)C(=O)NC1CCCCCCC1. The predicted molar refractivity (Wildman–Crippen MR) is 56.6 cm³/mol. The van der Waals surface area contributed by atoms with Crippen LogP contribution >= 0.6 is 0 Å². The molecule has 1 saturated carbocycles. The number of amides is 2. The van der Waals surface area contributed by atoms with E-state index in [1.165, 1.54) is 19.3 Å². The molecule has 0 bridgehead atoms. The van der Waals surface area contributed by atoms with Gasteiger partial charge in [-0.15, -0.1) is 0 Å². The summed E-state index contributed by atoms with van der Waals surface area (Å²) < 4.78 is 0. The van der Waals surface area contributed by atoms with Gasteiger partial charge in [-0.3, -0.25) is 15.0 Å². The van der Waals surface area contributed by atoms with Crippen LogP contribution in [-0.2, 0) is 9.59 Å². The van der Waals surface area contributed by atoms with Gasteiger partial charge in [0.1, 0.15) is 0 Å². The Hall–Kier alpha value is -1.10. The zero-order valence-electron chi connectivity index (χ0n) is 8.92. The first-order chi connectivity index (χ1) is 7.24. The van der Waals surface area contributed by atoms with Gasteiger partial charge in [-0.1, -0.05) is 32.1 Å².